The normalized spacial score (nSPS) is 10.4. The smallest absolute Gasteiger partial charge is 0.337 e. The molecule has 0 bridgehead atoms. The van der Waals surface area contributed by atoms with E-state index in [-0.39, 0.29) is 5.56 Å². The Bertz CT molecular complexity index is 622. The van der Waals surface area contributed by atoms with Gasteiger partial charge in [-0.1, -0.05) is 6.92 Å². The third-order valence-electron chi connectivity index (χ3n) is 2.74. The van der Waals surface area contributed by atoms with Gasteiger partial charge in [-0.3, -0.25) is 0 Å². The minimum Gasteiger partial charge on any atom is -0.478 e. The number of aromatic nitrogens is 1. The summed E-state index contributed by atoms with van der Waals surface area (Å²) >= 11 is 1.50. The molecule has 0 aliphatic carbocycles. The Labute approximate surface area is 115 Å². The van der Waals surface area contributed by atoms with Gasteiger partial charge in [0.2, 0.25) is 0 Å². The maximum Gasteiger partial charge on any atom is 0.337 e. The summed E-state index contributed by atoms with van der Waals surface area (Å²) in [6.45, 7) is 4.04. The Morgan fingerprint density at radius 2 is 2.26 bits per heavy atom. The highest BCUT2D eigenvalue weighted by atomic mass is 32.1. The van der Waals surface area contributed by atoms with E-state index in [1.54, 1.807) is 12.1 Å². The molecular weight excluding hydrogens is 262 g/mol. The van der Waals surface area contributed by atoms with Crippen molar-refractivity contribution in [3.05, 3.63) is 34.3 Å². The van der Waals surface area contributed by atoms with Crippen LogP contribution in [0, 0.1) is 6.92 Å². The van der Waals surface area contributed by atoms with Crippen molar-refractivity contribution in [2.75, 3.05) is 11.1 Å². The third-order valence-corrected chi connectivity index (χ3v) is 3.67. The molecule has 0 aliphatic rings. The SMILES string of the molecule is CCc1nc(Nc2cc(N)ccc2C(=O)O)sc1C. The lowest BCUT2D eigenvalue weighted by atomic mass is 10.1. The fourth-order valence-corrected chi connectivity index (χ4v) is 2.69. The van der Waals surface area contributed by atoms with Crippen molar-refractivity contribution in [1.82, 2.24) is 4.98 Å². The van der Waals surface area contributed by atoms with Crippen molar-refractivity contribution in [3.63, 3.8) is 0 Å². The van der Waals surface area contributed by atoms with Crippen LogP contribution in [-0.2, 0) is 6.42 Å². The van der Waals surface area contributed by atoms with Crippen LogP contribution in [0.2, 0.25) is 0 Å². The maximum absolute atomic E-state index is 11.2. The molecule has 100 valence electrons. The molecule has 0 unspecified atom stereocenters. The van der Waals surface area contributed by atoms with E-state index in [1.165, 1.54) is 17.4 Å². The molecule has 0 aliphatic heterocycles. The number of aromatic carboxylic acids is 1. The summed E-state index contributed by atoms with van der Waals surface area (Å²) in [5, 5.41) is 12.9. The predicted molar refractivity (Wildman–Crippen MR) is 77.3 cm³/mol. The number of hydrogen-bond acceptors (Lipinski definition) is 5. The fourth-order valence-electron chi connectivity index (χ4n) is 1.78. The zero-order valence-corrected chi connectivity index (χ0v) is 11.5. The molecule has 4 N–H and O–H groups in total. The molecule has 0 saturated heterocycles. The van der Waals surface area contributed by atoms with Crippen LogP contribution in [0.5, 0.6) is 0 Å². The number of carboxylic acids is 1. The van der Waals surface area contributed by atoms with E-state index >= 15 is 0 Å². The quantitative estimate of drug-likeness (QED) is 0.747. The average Bonchev–Trinajstić information content (AvgIpc) is 2.69. The van der Waals surface area contributed by atoms with Gasteiger partial charge in [0, 0.05) is 10.6 Å². The van der Waals surface area contributed by atoms with Crippen molar-refractivity contribution in [2.45, 2.75) is 20.3 Å². The molecule has 5 nitrogen and oxygen atoms in total. The van der Waals surface area contributed by atoms with Crippen LogP contribution >= 0.6 is 11.3 Å². The molecule has 19 heavy (non-hydrogen) atoms. The van der Waals surface area contributed by atoms with Crippen LogP contribution in [-0.4, -0.2) is 16.1 Å². The first-order valence-electron chi connectivity index (χ1n) is 5.87. The second-order valence-electron chi connectivity index (χ2n) is 4.11. The monoisotopic (exact) mass is 277 g/mol. The summed E-state index contributed by atoms with van der Waals surface area (Å²) in [6, 6.07) is 4.66. The molecule has 6 heteroatoms. The predicted octanol–water partition coefficient (Wildman–Crippen LogP) is 3.04. The van der Waals surface area contributed by atoms with Gasteiger partial charge in [-0.05, 0) is 31.5 Å². The summed E-state index contributed by atoms with van der Waals surface area (Å²) in [7, 11) is 0. The largest absolute Gasteiger partial charge is 0.478 e. The molecule has 0 spiro atoms. The van der Waals surface area contributed by atoms with Gasteiger partial charge in [0.25, 0.3) is 0 Å². The summed E-state index contributed by atoms with van der Waals surface area (Å²) in [6.07, 6.45) is 0.854. The van der Waals surface area contributed by atoms with Crippen LogP contribution in [0.1, 0.15) is 27.9 Å². The first-order valence-corrected chi connectivity index (χ1v) is 6.69. The van der Waals surface area contributed by atoms with Gasteiger partial charge in [0.05, 0.1) is 16.9 Å². The number of anilines is 3. The van der Waals surface area contributed by atoms with E-state index < -0.39 is 5.97 Å². The first kappa shape index (κ1) is 13.4. The second-order valence-corrected chi connectivity index (χ2v) is 5.31. The number of thiazole rings is 1. The summed E-state index contributed by atoms with van der Waals surface area (Å²) in [5.74, 6) is -0.994. The lowest BCUT2D eigenvalue weighted by Crippen LogP contribution is -2.03. The topological polar surface area (TPSA) is 88.2 Å². The zero-order valence-electron chi connectivity index (χ0n) is 10.7. The first-order chi connectivity index (χ1) is 9.01. The van der Waals surface area contributed by atoms with Crippen LogP contribution < -0.4 is 11.1 Å². The lowest BCUT2D eigenvalue weighted by Gasteiger charge is -2.07. The molecule has 1 aromatic heterocycles. The van der Waals surface area contributed by atoms with Crippen LogP contribution in [0.4, 0.5) is 16.5 Å². The van der Waals surface area contributed by atoms with Gasteiger partial charge in [-0.15, -0.1) is 11.3 Å². The Balaban J connectivity index is 2.36. The minimum absolute atomic E-state index is 0.181. The average molecular weight is 277 g/mol. The number of nitrogen functional groups attached to an aromatic ring is 1. The van der Waals surface area contributed by atoms with Gasteiger partial charge in [-0.2, -0.15) is 0 Å². The number of aryl methyl sites for hydroxylation is 2. The van der Waals surface area contributed by atoms with E-state index in [1.807, 2.05) is 13.8 Å². The number of carboxylic acid groups (broad SMARTS) is 1. The highest BCUT2D eigenvalue weighted by molar-refractivity contribution is 7.15. The zero-order chi connectivity index (χ0) is 14.0. The number of benzene rings is 1. The highest BCUT2D eigenvalue weighted by Gasteiger charge is 2.13. The number of nitrogens with one attached hydrogen (secondary N) is 1. The lowest BCUT2D eigenvalue weighted by molar-refractivity contribution is 0.0698. The number of carbonyl (C=O) groups is 1. The number of nitrogens with two attached hydrogens (primary N) is 1. The molecule has 0 saturated carbocycles. The van der Waals surface area contributed by atoms with Gasteiger partial charge in [0.15, 0.2) is 5.13 Å². The number of rotatable bonds is 4. The van der Waals surface area contributed by atoms with E-state index in [0.29, 0.717) is 16.5 Å². The van der Waals surface area contributed by atoms with Crippen LogP contribution in [0.15, 0.2) is 18.2 Å². The number of nitrogens with zero attached hydrogens (tertiary/aromatic N) is 1. The van der Waals surface area contributed by atoms with Crippen molar-refractivity contribution in [2.24, 2.45) is 0 Å². The van der Waals surface area contributed by atoms with E-state index in [0.717, 1.165) is 17.0 Å². The van der Waals surface area contributed by atoms with E-state index in [9.17, 15) is 4.79 Å². The second kappa shape index (κ2) is 5.27. The molecule has 2 aromatic rings. The molecule has 0 amide bonds. The standard InChI is InChI=1S/C13H15N3O2S/c1-3-10-7(2)19-13(15-10)16-11-6-8(14)4-5-9(11)12(17)18/h4-6H,3,14H2,1-2H3,(H,15,16)(H,17,18). The Morgan fingerprint density at radius 3 is 2.84 bits per heavy atom. The number of hydrogen-bond donors (Lipinski definition) is 3. The molecule has 0 fully saturated rings. The van der Waals surface area contributed by atoms with Crippen molar-refractivity contribution in [3.8, 4) is 0 Å². The fraction of sp³-hybridized carbons (Fsp3) is 0.231. The van der Waals surface area contributed by atoms with Gasteiger partial charge in [0.1, 0.15) is 0 Å². The molecular formula is C13H15N3O2S. The maximum atomic E-state index is 11.2. The van der Waals surface area contributed by atoms with Gasteiger partial charge >= 0.3 is 5.97 Å². The van der Waals surface area contributed by atoms with Gasteiger partial charge < -0.3 is 16.2 Å². The molecule has 2 rings (SSSR count). The summed E-state index contributed by atoms with van der Waals surface area (Å²) in [5.41, 5.74) is 7.87. The molecule has 1 aromatic carbocycles. The van der Waals surface area contributed by atoms with Crippen molar-refractivity contribution < 1.29 is 9.90 Å². The third kappa shape index (κ3) is 2.85. The van der Waals surface area contributed by atoms with E-state index in [4.69, 9.17) is 10.8 Å². The minimum atomic E-state index is -0.994. The molecule has 0 atom stereocenters. The van der Waals surface area contributed by atoms with Crippen LogP contribution in [0.3, 0.4) is 0 Å². The Kier molecular flexibility index (Phi) is 3.71. The molecule has 0 radical (unpaired) electrons. The van der Waals surface area contributed by atoms with Gasteiger partial charge in [-0.25, -0.2) is 9.78 Å². The molecule has 1 heterocycles. The van der Waals surface area contributed by atoms with E-state index in [2.05, 4.69) is 10.3 Å². The van der Waals surface area contributed by atoms with Crippen molar-refractivity contribution >= 4 is 33.8 Å². The summed E-state index contributed by atoms with van der Waals surface area (Å²) in [4.78, 5) is 16.7. The van der Waals surface area contributed by atoms with Crippen molar-refractivity contribution in [1.29, 1.82) is 0 Å². The van der Waals surface area contributed by atoms with Crippen LogP contribution in [0.25, 0.3) is 0 Å². The Morgan fingerprint density at radius 1 is 1.53 bits per heavy atom. The highest BCUT2D eigenvalue weighted by Crippen LogP contribution is 2.28. The Hall–Kier alpha value is -2.08. The summed E-state index contributed by atoms with van der Waals surface area (Å²) < 4.78 is 0.